The van der Waals surface area contributed by atoms with E-state index in [1.54, 1.807) is 6.08 Å². The molecule has 0 spiro atoms. The van der Waals surface area contributed by atoms with Crippen molar-refractivity contribution in [2.24, 2.45) is 0 Å². The van der Waals surface area contributed by atoms with Crippen LogP contribution in [0.4, 0.5) is 5.69 Å². The molecule has 1 aromatic carbocycles. The monoisotopic (exact) mass is 344 g/mol. The van der Waals surface area contributed by atoms with Crippen molar-refractivity contribution in [1.29, 1.82) is 0 Å². The molecule has 0 aromatic heterocycles. The first kappa shape index (κ1) is 18.0. The molecular weight excluding hydrogens is 316 g/mol. The van der Waals surface area contributed by atoms with Crippen LogP contribution in [-0.2, 0) is 14.3 Å². The van der Waals surface area contributed by atoms with E-state index in [1.807, 2.05) is 17.9 Å². The molecule has 2 fully saturated rings. The third-order valence-corrected chi connectivity index (χ3v) is 4.83. The van der Waals surface area contributed by atoms with Gasteiger partial charge >= 0.3 is 0 Å². The molecule has 136 valence electrons. The Morgan fingerprint density at radius 2 is 2.00 bits per heavy atom. The predicted molar refractivity (Wildman–Crippen MR) is 99.7 cm³/mol. The summed E-state index contributed by atoms with van der Waals surface area (Å²) < 4.78 is 11.0. The summed E-state index contributed by atoms with van der Waals surface area (Å²) in [6.07, 6.45) is 5.91. The topological polar surface area (TPSA) is 42.0 Å². The Kier molecular flexibility index (Phi) is 6.48. The average molecular weight is 344 g/mol. The Labute approximate surface area is 150 Å². The zero-order chi connectivity index (χ0) is 17.5. The SMILES string of the molecule is CCN(CC1CCCO1)C(=O)C=Cc1ccc(N2CCOCC2)cc1. The number of anilines is 1. The Balaban J connectivity index is 1.55. The molecule has 3 rings (SSSR count). The van der Waals surface area contributed by atoms with Crippen molar-refractivity contribution in [3.8, 4) is 0 Å². The van der Waals surface area contributed by atoms with E-state index < -0.39 is 0 Å². The van der Waals surface area contributed by atoms with Gasteiger partial charge in [-0.05, 0) is 43.5 Å². The lowest BCUT2D eigenvalue weighted by Gasteiger charge is -2.28. The first-order chi connectivity index (χ1) is 12.3. The van der Waals surface area contributed by atoms with E-state index in [9.17, 15) is 4.79 Å². The lowest BCUT2D eigenvalue weighted by molar-refractivity contribution is -0.127. The maximum atomic E-state index is 12.4. The maximum absolute atomic E-state index is 12.4. The lowest BCUT2D eigenvalue weighted by Crippen LogP contribution is -2.36. The molecule has 0 saturated carbocycles. The Morgan fingerprint density at radius 1 is 1.24 bits per heavy atom. The van der Waals surface area contributed by atoms with Gasteiger partial charge in [0, 0.05) is 44.5 Å². The fourth-order valence-corrected chi connectivity index (χ4v) is 3.30. The number of carbonyl (C=O) groups excluding carboxylic acids is 1. The van der Waals surface area contributed by atoms with Gasteiger partial charge in [0.15, 0.2) is 0 Å². The molecule has 0 bridgehead atoms. The standard InChI is InChI=1S/C20H28N2O3/c1-2-21(16-19-4-3-13-25-19)20(23)10-7-17-5-8-18(9-6-17)22-11-14-24-15-12-22/h5-10,19H,2-4,11-16H2,1H3. The normalized spacial score (nSPS) is 21.0. The van der Waals surface area contributed by atoms with Crippen LogP contribution in [0.1, 0.15) is 25.3 Å². The molecule has 0 radical (unpaired) electrons. The van der Waals surface area contributed by atoms with E-state index in [1.165, 1.54) is 5.69 Å². The molecule has 2 aliphatic heterocycles. The van der Waals surface area contributed by atoms with E-state index in [0.717, 1.165) is 51.3 Å². The highest BCUT2D eigenvalue weighted by atomic mass is 16.5. The lowest BCUT2D eigenvalue weighted by atomic mass is 10.1. The number of ether oxygens (including phenoxy) is 2. The Hall–Kier alpha value is -1.85. The Bertz CT molecular complexity index is 573. The molecule has 0 N–H and O–H groups in total. The van der Waals surface area contributed by atoms with Crippen LogP contribution < -0.4 is 4.90 Å². The van der Waals surface area contributed by atoms with Gasteiger partial charge in [0.25, 0.3) is 0 Å². The quantitative estimate of drug-likeness (QED) is 0.744. The minimum Gasteiger partial charge on any atom is -0.378 e. The fraction of sp³-hybridized carbons (Fsp3) is 0.550. The van der Waals surface area contributed by atoms with Gasteiger partial charge in [-0.15, -0.1) is 0 Å². The number of likely N-dealkylation sites (N-methyl/N-ethyl adjacent to an activating group) is 1. The summed E-state index contributed by atoms with van der Waals surface area (Å²) in [6, 6.07) is 8.34. The summed E-state index contributed by atoms with van der Waals surface area (Å²) in [7, 11) is 0. The molecule has 1 aromatic rings. The number of benzene rings is 1. The smallest absolute Gasteiger partial charge is 0.246 e. The van der Waals surface area contributed by atoms with Crippen molar-refractivity contribution in [3.05, 3.63) is 35.9 Å². The first-order valence-electron chi connectivity index (χ1n) is 9.27. The second kappa shape index (κ2) is 9.02. The predicted octanol–water partition coefficient (Wildman–Crippen LogP) is 2.56. The number of hydrogen-bond acceptors (Lipinski definition) is 4. The van der Waals surface area contributed by atoms with Crippen LogP contribution >= 0.6 is 0 Å². The molecule has 1 atom stereocenters. The van der Waals surface area contributed by atoms with Crippen LogP contribution in [0, 0.1) is 0 Å². The second-order valence-corrected chi connectivity index (χ2v) is 6.54. The molecule has 1 unspecified atom stereocenters. The average Bonchev–Trinajstić information content (AvgIpc) is 3.18. The maximum Gasteiger partial charge on any atom is 0.246 e. The van der Waals surface area contributed by atoms with Crippen molar-refractivity contribution < 1.29 is 14.3 Å². The molecule has 25 heavy (non-hydrogen) atoms. The number of hydrogen-bond donors (Lipinski definition) is 0. The van der Waals surface area contributed by atoms with E-state index in [0.29, 0.717) is 13.1 Å². The van der Waals surface area contributed by atoms with Gasteiger partial charge < -0.3 is 19.3 Å². The van der Waals surface area contributed by atoms with Crippen LogP contribution in [0.3, 0.4) is 0 Å². The van der Waals surface area contributed by atoms with Crippen molar-refractivity contribution >= 4 is 17.7 Å². The summed E-state index contributed by atoms with van der Waals surface area (Å²) in [4.78, 5) is 16.6. The van der Waals surface area contributed by atoms with Crippen LogP contribution in [0.15, 0.2) is 30.3 Å². The number of morpholine rings is 1. The van der Waals surface area contributed by atoms with Gasteiger partial charge in [-0.25, -0.2) is 0 Å². The van der Waals surface area contributed by atoms with E-state index >= 15 is 0 Å². The van der Waals surface area contributed by atoms with Crippen LogP contribution in [-0.4, -0.2) is 62.9 Å². The molecular formula is C20H28N2O3. The van der Waals surface area contributed by atoms with Crippen LogP contribution in [0.5, 0.6) is 0 Å². The van der Waals surface area contributed by atoms with Crippen LogP contribution in [0.2, 0.25) is 0 Å². The Morgan fingerprint density at radius 3 is 2.64 bits per heavy atom. The van der Waals surface area contributed by atoms with Gasteiger partial charge in [0.05, 0.1) is 19.3 Å². The minimum absolute atomic E-state index is 0.0512. The molecule has 0 aliphatic carbocycles. The number of carbonyl (C=O) groups is 1. The molecule has 5 nitrogen and oxygen atoms in total. The van der Waals surface area contributed by atoms with E-state index in [4.69, 9.17) is 9.47 Å². The zero-order valence-corrected chi connectivity index (χ0v) is 15.0. The fourth-order valence-electron chi connectivity index (χ4n) is 3.30. The van der Waals surface area contributed by atoms with Crippen molar-refractivity contribution in [2.75, 3.05) is 50.9 Å². The summed E-state index contributed by atoms with van der Waals surface area (Å²) >= 11 is 0. The van der Waals surface area contributed by atoms with Crippen molar-refractivity contribution in [3.63, 3.8) is 0 Å². The van der Waals surface area contributed by atoms with Gasteiger partial charge in [0.1, 0.15) is 0 Å². The highest BCUT2D eigenvalue weighted by molar-refractivity contribution is 5.91. The van der Waals surface area contributed by atoms with E-state index in [2.05, 4.69) is 29.2 Å². The summed E-state index contributed by atoms with van der Waals surface area (Å²) in [5.74, 6) is 0.0512. The molecule has 2 aliphatic rings. The summed E-state index contributed by atoms with van der Waals surface area (Å²) in [5, 5.41) is 0. The zero-order valence-electron chi connectivity index (χ0n) is 15.0. The number of amides is 1. The molecule has 5 heteroatoms. The number of nitrogens with zero attached hydrogens (tertiary/aromatic N) is 2. The third kappa shape index (κ3) is 5.06. The largest absolute Gasteiger partial charge is 0.378 e. The van der Waals surface area contributed by atoms with Gasteiger partial charge in [-0.3, -0.25) is 4.79 Å². The highest BCUT2D eigenvalue weighted by Crippen LogP contribution is 2.18. The third-order valence-electron chi connectivity index (χ3n) is 4.83. The van der Waals surface area contributed by atoms with Gasteiger partial charge in [0.2, 0.25) is 5.91 Å². The summed E-state index contributed by atoms with van der Waals surface area (Å²) in [6.45, 7) is 7.67. The van der Waals surface area contributed by atoms with Crippen LogP contribution in [0.25, 0.3) is 6.08 Å². The van der Waals surface area contributed by atoms with Crippen molar-refractivity contribution in [2.45, 2.75) is 25.9 Å². The van der Waals surface area contributed by atoms with Crippen molar-refractivity contribution in [1.82, 2.24) is 4.90 Å². The molecule has 2 saturated heterocycles. The second-order valence-electron chi connectivity index (χ2n) is 6.54. The highest BCUT2D eigenvalue weighted by Gasteiger charge is 2.20. The first-order valence-corrected chi connectivity index (χ1v) is 9.27. The van der Waals surface area contributed by atoms with Gasteiger partial charge in [-0.1, -0.05) is 12.1 Å². The number of rotatable bonds is 6. The molecule has 2 heterocycles. The molecule has 1 amide bonds. The minimum atomic E-state index is 0.0512. The van der Waals surface area contributed by atoms with Gasteiger partial charge in [-0.2, -0.15) is 0 Å². The van der Waals surface area contributed by atoms with E-state index in [-0.39, 0.29) is 12.0 Å². The summed E-state index contributed by atoms with van der Waals surface area (Å²) in [5.41, 5.74) is 2.25.